The number of hydrogen-bond acceptors (Lipinski definition) is 5. The van der Waals surface area contributed by atoms with Crippen LogP contribution < -0.4 is 5.32 Å². The molecule has 0 atom stereocenters. The van der Waals surface area contributed by atoms with Crippen molar-refractivity contribution in [2.45, 2.75) is 6.54 Å². The Morgan fingerprint density at radius 1 is 1.07 bits per heavy atom. The maximum absolute atomic E-state index is 12.5. The van der Waals surface area contributed by atoms with Crippen molar-refractivity contribution in [3.05, 3.63) is 35.9 Å². The van der Waals surface area contributed by atoms with Crippen molar-refractivity contribution in [1.82, 2.24) is 19.4 Å². The third-order valence-corrected chi connectivity index (χ3v) is 7.95. The van der Waals surface area contributed by atoms with E-state index >= 15 is 0 Å². The number of piperazine rings is 1. The van der Waals surface area contributed by atoms with E-state index in [4.69, 9.17) is 0 Å². The molecule has 2 saturated heterocycles. The van der Waals surface area contributed by atoms with E-state index in [1.807, 2.05) is 17.8 Å². The Labute approximate surface area is 196 Å². The van der Waals surface area contributed by atoms with Gasteiger partial charge in [-0.3, -0.25) is 9.89 Å². The number of halogens is 1. The van der Waals surface area contributed by atoms with Gasteiger partial charge in [-0.15, -0.1) is 24.0 Å². The Hall–Kier alpha value is -0.560. The zero-order valence-corrected chi connectivity index (χ0v) is 21.0. The molecule has 1 N–H and O–H groups in total. The summed E-state index contributed by atoms with van der Waals surface area (Å²) in [6.45, 7) is 6.34. The highest BCUT2D eigenvalue weighted by molar-refractivity contribution is 14.0. The normalized spacial score (nSPS) is 19.6. The molecule has 1 aromatic rings. The summed E-state index contributed by atoms with van der Waals surface area (Å²) < 4.78 is 26.6. The molecule has 3 rings (SSSR count). The van der Waals surface area contributed by atoms with Crippen molar-refractivity contribution >= 4 is 51.7 Å². The average Bonchev–Trinajstić information content (AvgIpc) is 2.73. The van der Waals surface area contributed by atoms with Crippen LogP contribution in [0.5, 0.6) is 0 Å². The molecule has 0 saturated carbocycles. The highest BCUT2D eigenvalue weighted by atomic mass is 127. The molecular formula is C19H32IN5O2S2. The van der Waals surface area contributed by atoms with Gasteiger partial charge in [0.05, 0.1) is 5.75 Å². The second-order valence-electron chi connectivity index (χ2n) is 7.05. The van der Waals surface area contributed by atoms with E-state index in [1.165, 1.54) is 5.56 Å². The zero-order chi connectivity index (χ0) is 19.8. The van der Waals surface area contributed by atoms with Crippen LogP contribution in [0.25, 0.3) is 0 Å². The smallest absolute Gasteiger partial charge is 0.215 e. The maximum Gasteiger partial charge on any atom is 0.215 e. The van der Waals surface area contributed by atoms with Gasteiger partial charge < -0.3 is 10.2 Å². The molecule has 0 amide bonds. The van der Waals surface area contributed by atoms with Gasteiger partial charge in [0.2, 0.25) is 10.0 Å². The molecule has 7 nitrogen and oxygen atoms in total. The van der Waals surface area contributed by atoms with E-state index < -0.39 is 10.0 Å². The first-order chi connectivity index (χ1) is 13.6. The fourth-order valence-electron chi connectivity index (χ4n) is 3.54. The number of hydrogen-bond donors (Lipinski definition) is 1. The third-order valence-electron chi connectivity index (χ3n) is 5.14. The van der Waals surface area contributed by atoms with E-state index in [0.717, 1.165) is 50.2 Å². The molecular weight excluding hydrogens is 521 g/mol. The van der Waals surface area contributed by atoms with Gasteiger partial charge in [-0.1, -0.05) is 30.3 Å². The first-order valence-electron chi connectivity index (χ1n) is 9.86. The molecule has 0 aromatic heterocycles. The molecule has 0 radical (unpaired) electrons. The lowest BCUT2D eigenvalue weighted by Crippen LogP contribution is -2.53. The van der Waals surface area contributed by atoms with Gasteiger partial charge in [-0.25, -0.2) is 12.7 Å². The van der Waals surface area contributed by atoms with E-state index in [9.17, 15) is 8.42 Å². The van der Waals surface area contributed by atoms with Crippen molar-refractivity contribution in [3.8, 4) is 0 Å². The minimum atomic E-state index is -3.19. The number of nitrogens with one attached hydrogen (secondary N) is 1. The molecule has 2 heterocycles. The molecule has 0 unspecified atom stereocenters. The molecule has 0 spiro atoms. The van der Waals surface area contributed by atoms with Crippen LogP contribution in [0.15, 0.2) is 35.3 Å². The summed E-state index contributed by atoms with van der Waals surface area (Å²) in [6.07, 6.45) is 0. The van der Waals surface area contributed by atoms with E-state index in [1.54, 1.807) is 11.4 Å². The fourth-order valence-corrected chi connectivity index (χ4v) is 6.03. The van der Waals surface area contributed by atoms with Crippen LogP contribution in [0.2, 0.25) is 0 Å². The molecule has 2 aliphatic rings. The number of guanidine groups is 1. The molecule has 1 aromatic carbocycles. The van der Waals surface area contributed by atoms with Gasteiger partial charge in [0.25, 0.3) is 0 Å². The van der Waals surface area contributed by atoms with Crippen LogP contribution in [0, 0.1) is 0 Å². The first-order valence-corrected chi connectivity index (χ1v) is 12.6. The Morgan fingerprint density at radius 3 is 2.34 bits per heavy atom. The van der Waals surface area contributed by atoms with Gasteiger partial charge >= 0.3 is 0 Å². The van der Waals surface area contributed by atoms with Gasteiger partial charge in [0, 0.05) is 70.9 Å². The Balaban J connectivity index is 0.00000300. The third kappa shape index (κ3) is 7.57. The summed E-state index contributed by atoms with van der Waals surface area (Å²) >= 11 is 1.81. The number of benzene rings is 1. The minimum absolute atomic E-state index is 0. The molecule has 29 heavy (non-hydrogen) atoms. The van der Waals surface area contributed by atoms with E-state index in [2.05, 4.69) is 44.4 Å². The van der Waals surface area contributed by atoms with Crippen molar-refractivity contribution in [1.29, 1.82) is 0 Å². The number of thioether (sulfide) groups is 1. The van der Waals surface area contributed by atoms with Crippen LogP contribution in [0.3, 0.4) is 0 Å². The standard InChI is InChI=1S/C19H31N5O2S2.HI/c1-20-19(21-7-16-28(25,26)24-12-14-27-15-13-24)23-10-8-22(9-11-23)17-18-5-3-2-4-6-18;/h2-6H,7-17H2,1H3,(H,20,21);1H. The van der Waals surface area contributed by atoms with Crippen LogP contribution in [0.1, 0.15) is 5.56 Å². The summed E-state index contributed by atoms with van der Waals surface area (Å²) in [5.74, 6) is 2.69. The van der Waals surface area contributed by atoms with Crippen molar-refractivity contribution < 1.29 is 8.42 Å². The van der Waals surface area contributed by atoms with Gasteiger partial charge in [0.1, 0.15) is 0 Å². The Bertz CT molecular complexity index is 734. The molecule has 164 valence electrons. The summed E-state index contributed by atoms with van der Waals surface area (Å²) in [6, 6.07) is 10.5. The summed E-state index contributed by atoms with van der Waals surface area (Å²) in [7, 11) is -1.43. The van der Waals surface area contributed by atoms with Crippen LogP contribution in [-0.4, -0.2) is 98.6 Å². The minimum Gasteiger partial charge on any atom is -0.355 e. The van der Waals surface area contributed by atoms with Gasteiger partial charge in [0.15, 0.2) is 5.96 Å². The molecule has 2 fully saturated rings. The largest absolute Gasteiger partial charge is 0.355 e. The first kappa shape index (κ1) is 24.7. The van der Waals surface area contributed by atoms with Crippen LogP contribution in [0.4, 0.5) is 0 Å². The highest BCUT2D eigenvalue weighted by Crippen LogP contribution is 2.13. The topological polar surface area (TPSA) is 68.2 Å². The Kier molecular flexibility index (Phi) is 10.5. The van der Waals surface area contributed by atoms with Crippen LogP contribution in [-0.2, 0) is 16.6 Å². The fraction of sp³-hybridized carbons (Fsp3) is 0.632. The monoisotopic (exact) mass is 553 g/mol. The van der Waals surface area contributed by atoms with Crippen LogP contribution >= 0.6 is 35.7 Å². The SMILES string of the molecule is CN=C(NCCS(=O)(=O)N1CCSCC1)N1CCN(Cc2ccccc2)CC1.I. The zero-order valence-electron chi connectivity index (χ0n) is 17.0. The quantitative estimate of drug-likeness (QED) is 0.326. The highest BCUT2D eigenvalue weighted by Gasteiger charge is 2.24. The predicted molar refractivity (Wildman–Crippen MR) is 133 cm³/mol. The maximum atomic E-state index is 12.5. The second-order valence-corrected chi connectivity index (χ2v) is 10.4. The number of aliphatic imine (C=N–C) groups is 1. The molecule has 10 heteroatoms. The number of nitrogens with zero attached hydrogens (tertiary/aromatic N) is 4. The Morgan fingerprint density at radius 2 is 1.72 bits per heavy atom. The summed E-state index contributed by atoms with van der Waals surface area (Å²) in [5.41, 5.74) is 1.33. The number of rotatable bonds is 6. The predicted octanol–water partition coefficient (Wildman–Crippen LogP) is 1.38. The lowest BCUT2D eigenvalue weighted by Gasteiger charge is -2.36. The lowest BCUT2D eigenvalue weighted by atomic mass is 10.2. The second kappa shape index (κ2) is 12.3. The van der Waals surface area contributed by atoms with Crippen molar-refractivity contribution in [2.75, 3.05) is 70.1 Å². The lowest BCUT2D eigenvalue weighted by molar-refractivity contribution is 0.172. The van der Waals surface area contributed by atoms with Crippen molar-refractivity contribution in [2.24, 2.45) is 4.99 Å². The molecule has 0 aliphatic carbocycles. The summed E-state index contributed by atoms with van der Waals surface area (Å²) in [4.78, 5) is 9.01. The summed E-state index contributed by atoms with van der Waals surface area (Å²) in [5, 5.41) is 3.25. The molecule has 0 bridgehead atoms. The van der Waals surface area contributed by atoms with Gasteiger partial charge in [-0.05, 0) is 5.56 Å². The van der Waals surface area contributed by atoms with E-state index in [-0.39, 0.29) is 29.7 Å². The number of sulfonamides is 1. The van der Waals surface area contributed by atoms with E-state index in [0.29, 0.717) is 19.6 Å². The van der Waals surface area contributed by atoms with Gasteiger partial charge in [-0.2, -0.15) is 11.8 Å². The average molecular weight is 554 g/mol. The molecule has 2 aliphatic heterocycles. The van der Waals surface area contributed by atoms with Crippen molar-refractivity contribution in [3.63, 3.8) is 0 Å².